The van der Waals surface area contributed by atoms with Gasteiger partial charge in [0, 0.05) is 14.6 Å². The summed E-state index contributed by atoms with van der Waals surface area (Å²) in [7, 11) is -0.397. The minimum Gasteiger partial charge on any atom is -0.144 e. The van der Waals surface area contributed by atoms with Gasteiger partial charge in [0.25, 0.3) is 0 Å². The highest BCUT2D eigenvalue weighted by molar-refractivity contribution is 7.67. The maximum atomic E-state index is 2.31. The van der Waals surface area contributed by atoms with E-state index in [1.54, 1.807) is 34.0 Å². The normalized spacial score (nSPS) is 12.4. The van der Waals surface area contributed by atoms with E-state index in [9.17, 15) is 0 Å². The number of hydrogen-bond donors (Lipinski definition) is 0. The monoisotopic (exact) mass is 358 g/mol. The minimum absolute atomic E-state index is 0.397. The van der Waals surface area contributed by atoms with E-state index in [1.165, 1.54) is 14.6 Å². The summed E-state index contributed by atoms with van der Waals surface area (Å²) < 4.78 is 0. The van der Waals surface area contributed by atoms with E-state index in [1.807, 2.05) is 0 Å². The maximum absolute atomic E-state index is 2.31. The molecule has 0 aliphatic rings. The second-order valence-electron chi connectivity index (χ2n) is 4.44. The zero-order valence-corrected chi connectivity index (χ0v) is 15.2. The molecule has 0 amide bonds. The van der Waals surface area contributed by atoms with E-state index >= 15 is 0 Å². The molecule has 3 aromatic heterocycles. The molecule has 3 rings (SSSR count). The van der Waals surface area contributed by atoms with Crippen molar-refractivity contribution in [3.63, 3.8) is 0 Å². The van der Waals surface area contributed by atoms with Crippen LogP contribution in [0, 0.1) is 0 Å². The third-order valence-electron chi connectivity index (χ3n) is 2.86. The zero-order valence-electron chi connectivity index (χ0n) is 11.8. The quantitative estimate of drug-likeness (QED) is 0.397. The van der Waals surface area contributed by atoms with Gasteiger partial charge in [-0.15, -0.1) is 34.0 Å². The molecule has 0 saturated carbocycles. The van der Waals surface area contributed by atoms with E-state index in [0.29, 0.717) is 0 Å². The van der Waals surface area contributed by atoms with E-state index in [0.717, 1.165) is 0 Å². The summed E-state index contributed by atoms with van der Waals surface area (Å²) in [5.41, 5.74) is 0. The lowest BCUT2D eigenvalue weighted by molar-refractivity contribution is 1.95. The fraction of sp³-hybridized carbons (Fsp3) is 0. The highest BCUT2D eigenvalue weighted by Gasteiger charge is 1.97. The summed E-state index contributed by atoms with van der Waals surface area (Å²) in [4.78, 5) is 3.92. The Kier molecular flexibility index (Phi) is 5.97. The molecule has 0 unspecified atom stereocenters. The van der Waals surface area contributed by atoms with Crippen molar-refractivity contribution >= 4 is 60.2 Å². The Hall–Kier alpha value is -1.25. The summed E-state index contributed by atoms with van der Waals surface area (Å²) >= 11 is 5.33. The summed E-state index contributed by atoms with van der Waals surface area (Å²) in [5, 5.41) is 6.35. The highest BCUT2D eigenvalue weighted by atomic mass is 32.1. The topological polar surface area (TPSA) is 0 Å². The standard InChI is InChI=1S/C18H15PS3/c1-4-16(20-13-1)7-10-19(11-8-17-5-2-14-21-17)12-9-18-6-3-15-22-18/h1-15H/b10-7+,11-8+,12-9+. The lowest BCUT2D eigenvalue weighted by atomic mass is 10.5. The highest BCUT2D eigenvalue weighted by Crippen LogP contribution is 2.43. The minimum atomic E-state index is -0.397. The number of hydrogen-bond acceptors (Lipinski definition) is 3. The van der Waals surface area contributed by atoms with Gasteiger partial charge >= 0.3 is 0 Å². The maximum Gasteiger partial charge on any atom is 0.0270 e. The van der Waals surface area contributed by atoms with Crippen LogP contribution >= 0.6 is 41.9 Å². The molecule has 0 aliphatic carbocycles. The van der Waals surface area contributed by atoms with Gasteiger partial charge in [0.1, 0.15) is 0 Å². The fourth-order valence-corrected chi connectivity index (χ4v) is 5.24. The molecule has 0 saturated heterocycles. The molecule has 0 radical (unpaired) electrons. The summed E-state index contributed by atoms with van der Waals surface area (Å²) in [6, 6.07) is 12.7. The van der Waals surface area contributed by atoms with Crippen LogP contribution in [0.5, 0.6) is 0 Å². The average Bonchev–Trinajstić information content (AvgIpc) is 3.29. The van der Waals surface area contributed by atoms with Crippen LogP contribution in [-0.2, 0) is 0 Å². The summed E-state index contributed by atoms with van der Waals surface area (Å²) in [6.45, 7) is 0. The zero-order chi connectivity index (χ0) is 15.0. The van der Waals surface area contributed by atoms with Crippen molar-refractivity contribution in [2.24, 2.45) is 0 Å². The van der Waals surface area contributed by atoms with Crippen LogP contribution < -0.4 is 0 Å². The molecule has 22 heavy (non-hydrogen) atoms. The SMILES string of the molecule is C(=C\P(/C=C/c1cccs1)/C=C/c1cccs1)/c1cccs1. The lowest BCUT2D eigenvalue weighted by Gasteiger charge is -2.01. The molecular formula is C18H15PS3. The Morgan fingerprint density at radius 3 is 1.23 bits per heavy atom. The first-order valence-corrected chi connectivity index (χ1v) is 11.0. The second-order valence-corrected chi connectivity index (χ2v) is 9.17. The Labute approximate surface area is 144 Å². The first kappa shape index (κ1) is 15.6. The molecule has 0 bridgehead atoms. The fourth-order valence-electron chi connectivity index (χ4n) is 1.79. The van der Waals surface area contributed by atoms with Crippen LogP contribution in [0.3, 0.4) is 0 Å². The Morgan fingerprint density at radius 1 is 0.591 bits per heavy atom. The van der Waals surface area contributed by atoms with Crippen molar-refractivity contribution in [3.8, 4) is 0 Å². The van der Waals surface area contributed by atoms with E-state index in [2.05, 4.69) is 88.2 Å². The molecule has 3 aromatic rings. The van der Waals surface area contributed by atoms with E-state index in [-0.39, 0.29) is 0 Å². The first-order valence-electron chi connectivity index (χ1n) is 6.83. The van der Waals surface area contributed by atoms with Crippen LogP contribution in [0.1, 0.15) is 14.6 Å². The van der Waals surface area contributed by atoms with E-state index < -0.39 is 7.92 Å². The van der Waals surface area contributed by atoms with Gasteiger partial charge < -0.3 is 0 Å². The molecule has 0 nitrogen and oxygen atoms in total. The molecule has 4 heteroatoms. The van der Waals surface area contributed by atoms with Crippen molar-refractivity contribution < 1.29 is 0 Å². The van der Waals surface area contributed by atoms with Gasteiger partial charge in [-0.3, -0.25) is 0 Å². The number of thiophene rings is 3. The van der Waals surface area contributed by atoms with Crippen molar-refractivity contribution in [2.75, 3.05) is 0 Å². The van der Waals surface area contributed by atoms with Crippen molar-refractivity contribution in [1.29, 1.82) is 0 Å². The van der Waals surface area contributed by atoms with Gasteiger partial charge in [0.05, 0.1) is 0 Å². The molecule has 110 valence electrons. The van der Waals surface area contributed by atoms with Gasteiger partial charge in [0.15, 0.2) is 0 Å². The molecule has 0 aromatic carbocycles. The smallest absolute Gasteiger partial charge is 0.0270 e. The Bertz CT molecular complexity index is 627. The van der Waals surface area contributed by atoms with Crippen molar-refractivity contribution in [3.05, 3.63) is 84.6 Å². The van der Waals surface area contributed by atoms with E-state index in [4.69, 9.17) is 0 Å². The van der Waals surface area contributed by atoms with Crippen LogP contribution in [0.25, 0.3) is 18.2 Å². The third kappa shape index (κ3) is 4.89. The van der Waals surface area contributed by atoms with Gasteiger partial charge in [-0.2, -0.15) is 0 Å². The Balaban J connectivity index is 1.75. The van der Waals surface area contributed by atoms with Crippen LogP contribution in [0.4, 0.5) is 0 Å². The molecule has 3 heterocycles. The van der Waals surface area contributed by atoms with Crippen LogP contribution in [0.15, 0.2) is 70.0 Å². The van der Waals surface area contributed by atoms with Crippen LogP contribution in [0.2, 0.25) is 0 Å². The molecule has 0 spiro atoms. The van der Waals surface area contributed by atoms with Gasteiger partial charge in [-0.05, 0) is 60.5 Å². The molecule has 0 N–H and O–H groups in total. The molecular weight excluding hydrogens is 343 g/mol. The van der Waals surface area contributed by atoms with Gasteiger partial charge in [0.2, 0.25) is 0 Å². The first-order chi connectivity index (χ1) is 10.9. The Morgan fingerprint density at radius 2 is 0.955 bits per heavy atom. The lowest BCUT2D eigenvalue weighted by Crippen LogP contribution is -1.62. The third-order valence-corrected chi connectivity index (χ3v) is 6.86. The molecule has 0 atom stereocenters. The average molecular weight is 358 g/mol. The number of rotatable bonds is 6. The van der Waals surface area contributed by atoms with Gasteiger partial charge in [-0.25, -0.2) is 0 Å². The molecule has 0 fully saturated rings. The second kappa shape index (κ2) is 8.40. The predicted octanol–water partition coefficient (Wildman–Crippen LogP) is 7.67. The van der Waals surface area contributed by atoms with Gasteiger partial charge in [-0.1, -0.05) is 35.7 Å². The van der Waals surface area contributed by atoms with Crippen molar-refractivity contribution in [2.45, 2.75) is 0 Å². The summed E-state index contributed by atoms with van der Waals surface area (Å²) in [6.07, 6.45) is 6.69. The largest absolute Gasteiger partial charge is 0.144 e. The summed E-state index contributed by atoms with van der Waals surface area (Å²) in [5.74, 6) is 6.94. The molecule has 0 aliphatic heterocycles. The van der Waals surface area contributed by atoms with Crippen molar-refractivity contribution in [1.82, 2.24) is 0 Å². The van der Waals surface area contributed by atoms with Crippen LogP contribution in [-0.4, -0.2) is 0 Å². The predicted molar refractivity (Wildman–Crippen MR) is 107 cm³/mol.